The smallest absolute Gasteiger partial charge is 0.277 e. The molecule has 1 unspecified atom stereocenters. The normalized spacial score (nSPS) is 18.4. The molecule has 3 N–H and O–H groups in total. The number of carbonyl (C=O) groups is 2. The first-order valence-corrected chi connectivity index (χ1v) is 6.84. The number of hydrogen-bond donors (Lipinski definition) is 2. The quantitative estimate of drug-likeness (QED) is 0.790. The number of rotatable bonds is 5. The molecule has 0 bridgehead atoms. The van der Waals surface area contributed by atoms with Crippen molar-refractivity contribution in [3.63, 3.8) is 0 Å². The number of halogens is 4. The largest absolute Gasteiger partial charge is 0.350 e. The molecule has 1 heterocycles. The van der Waals surface area contributed by atoms with Crippen molar-refractivity contribution in [2.24, 2.45) is 11.7 Å². The highest BCUT2D eigenvalue weighted by molar-refractivity contribution is 6.00. The standard InChI is InChI=1S/C14H15F4N3O2/c15-9-1-2-11(10(16)4-9)21-5-8(3-12(21)22)13(23)20-7-14(17,18)6-19/h1-2,4,8H,3,5-7,19H2,(H,20,23). The molecule has 1 saturated heterocycles. The molecule has 1 aliphatic heterocycles. The van der Waals surface area contributed by atoms with E-state index in [0.29, 0.717) is 6.07 Å². The summed E-state index contributed by atoms with van der Waals surface area (Å²) in [7, 11) is 0. The van der Waals surface area contributed by atoms with Gasteiger partial charge in [-0.2, -0.15) is 0 Å². The maximum atomic E-state index is 13.7. The zero-order valence-electron chi connectivity index (χ0n) is 12.0. The van der Waals surface area contributed by atoms with Gasteiger partial charge in [-0.05, 0) is 12.1 Å². The summed E-state index contributed by atoms with van der Waals surface area (Å²) in [6.07, 6.45) is -0.239. The third-order valence-corrected chi connectivity index (χ3v) is 3.52. The zero-order chi connectivity index (χ0) is 17.2. The molecule has 9 heteroatoms. The number of alkyl halides is 2. The van der Waals surface area contributed by atoms with Crippen molar-refractivity contribution in [3.8, 4) is 0 Å². The van der Waals surface area contributed by atoms with E-state index in [-0.39, 0.29) is 18.7 Å². The van der Waals surface area contributed by atoms with Crippen molar-refractivity contribution in [1.29, 1.82) is 0 Å². The predicted molar refractivity (Wildman–Crippen MR) is 73.8 cm³/mol. The van der Waals surface area contributed by atoms with Crippen LogP contribution >= 0.6 is 0 Å². The van der Waals surface area contributed by atoms with Crippen LogP contribution in [0.2, 0.25) is 0 Å². The maximum absolute atomic E-state index is 13.7. The molecule has 2 rings (SSSR count). The van der Waals surface area contributed by atoms with E-state index >= 15 is 0 Å². The second-order valence-electron chi connectivity index (χ2n) is 5.28. The number of amides is 2. The Balaban J connectivity index is 2.03. The van der Waals surface area contributed by atoms with Gasteiger partial charge in [-0.25, -0.2) is 17.6 Å². The minimum Gasteiger partial charge on any atom is -0.350 e. The molecule has 1 aliphatic rings. The van der Waals surface area contributed by atoms with Crippen LogP contribution in [0.3, 0.4) is 0 Å². The van der Waals surface area contributed by atoms with Gasteiger partial charge in [0.15, 0.2) is 0 Å². The highest BCUT2D eigenvalue weighted by Gasteiger charge is 2.37. The molecule has 1 aromatic rings. The van der Waals surface area contributed by atoms with Gasteiger partial charge < -0.3 is 16.0 Å². The van der Waals surface area contributed by atoms with Crippen LogP contribution in [-0.4, -0.2) is 37.4 Å². The first-order valence-electron chi connectivity index (χ1n) is 6.84. The number of nitrogens with one attached hydrogen (secondary N) is 1. The summed E-state index contributed by atoms with van der Waals surface area (Å²) in [5, 5.41) is 2.03. The Bertz CT molecular complexity index is 624. The molecule has 0 aliphatic carbocycles. The van der Waals surface area contributed by atoms with Gasteiger partial charge in [-0.15, -0.1) is 0 Å². The van der Waals surface area contributed by atoms with Gasteiger partial charge >= 0.3 is 0 Å². The van der Waals surface area contributed by atoms with Gasteiger partial charge in [-0.3, -0.25) is 9.59 Å². The van der Waals surface area contributed by atoms with Gasteiger partial charge in [0, 0.05) is 19.0 Å². The molecule has 1 fully saturated rings. The second-order valence-corrected chi connectivity index (χ2v) is 5.28. The molecule has 0 aromatic heterocycles. The van der Waals surface area contributed by atoms with Crippen LogP contribution in [0.1, 0.15) is 6.42 Å². The Kier molecular flexibility index (Phi) is 4.88. The number of anilines is 1. The second kappa shape index (κ2) is 6.53. The summed E-state index contributed by atoms with van der Waals surface area (Å²) in [5.41, 5.74) is 4.71. The number of nitrogens with two attached hydrogens (primary N) is 1. The topological polar surface area (TPSA) is 75.4 Å². The fourth-order valence-corrected chi connectivity index (χ4v) is 2.25. The van der Waals surface area contributed by atoms with Gasteiger partial charge in [0.05, 0.1) is 24.7 Å². The first kappa shape index (κ1) is 17.2. The van der Waals surface area contributed by atoms with E-state index in [2.05, 4.69) is 0 Å². The van der Waals surface area contributed by atoms with Gasteiger partial charge in [0.2, 0.25) is 11.8 Å². The Morgan fingerprint density at radius 2 is 2.09 bits per heavy atom. The summed E-state index contributed by atoms with van der Waals surface area (Å²) in [4.78, 5) is 24.8. The Labute approximate surface area is 129 Å². The summed E-state index contributed by atoms with van der Waals surface area (Å²) in [5.74, 6) is -7.13. The first-order chi connectivity index (χ1) is 10.7. The van der Waals surface area contributed by atoms with Crippen LogP contribution in [0.15, 0.2) is 18.2 Å². The fourth-order valence-electron chi connectivity index (χ4n) is 2.25. The van der Waals surface area contributed by atoms with Crippen molar-refractivity contribution < 1.29 is 27.2 Å². The van der Waals surface area contributed by atoms with Gasteiger partial charge in [0.25, 0.3) is 5.92 Å². The summed E-state index contributed by atoms with van der Waals surface area (Å²) >= 11 is 0. The lowest BCUT2D eigenvalue weighted by Crippen LogP contribution is -2.44. The average molecular weight is 333 g/mol. The van der Waals surface area contributed by atoms with Gasteiger partial charge in [0.1, 0.15) is 11.6 Å². The van der Waals surface area contributed by atoms with Crippen molar-refractivity contribution >= 4 is 17.5 Å². The molecular formula is C14H15F4N3O2. The summed E-state index contributed by atoms with van der Waals surface area (Å²) in [6.45, 7) is -2.01. The van der Waals surface area contributed by atoms with Crippen LogP contribution in [0.5, 0.6) is 0 Å². The number of nitrogens with zero attached hydrogens (tertiary/aromatic N) is 1. The van der Waals surface area contributed by atoms with Gasteiger partial charge in [-0.1, -0.05) is 0 Å². The van der Waals surface area contributed by atoms with Crippen LogP contribution < -0.4 is 16.0 Å². The summed E-state index contributed by atoms with van der Waals surface area (Å²) < 4.78 is 52.6. The zero-order valence-corrected chi connectivity index (χ0v) is 12.0. The molecule has 0 radical (unpaired) electrons. The Hall–Kier alpha value is -2.16. The van der Waals surface area contributed by atoms with Crippen molar-refractivity contribution in [3.05, 3.63) is 29.8 Å². The molecule has 126 valence electrons. The van der Waals surface area contributed by atoms with E-state index in [1.54, 1.807) is 0 Å². The lowest BCUT2D eigenvalue weighted by atomic mass is 10.1. The Morgan fingerprint density at radius 3 is 2.70 bits per heavy atom. The highest BCUT2D eigenvalue weighted by atomic mass is 19.3. The van der Waals surface area contributed by atoms with Crippen LogP contribution in [0, 0.1) is 17.6 Å². The molecule has 0 spiro atoms. The van der Waals surface area contributed by atoms with E-state index in [4.69, 9.17) is 5.73 Å². The minimum atomic E-state index is -3.24. The SMILES string of the molecule is NCC(F)(F)CNC(=O)C1CC(=O)N(c2ccc(F)cc2F)C1. The molecule has 23 heavy (non-hydrogen) atoms. The minimum absolute atomic E-state index is 0.154. The number of carbonyl (C=O) groups excluding carboxylic acids is 2. The highest BCUT2D eigenvalue weighted by Crippen LogP contribution is 2.28. The predicted octanol–water partition coefficient (Wildman–Crippen LogP) is 1.03. The third kappa shape index (κ3) is 3.98. The monoisotopic (exact) mass is 333 g/mol. The van der Waals surface area contributed by atoms with E-state index < -0.39 is 48.4 Å². The van der Waals surface area contributed by atoms with Crippen molar-refractivity contribution in [1.82, 2.24) is 5.32 Å². The van der Waals surface area contributed by atoms with Crippen LogP contribution in [-0.2, 0) is 9.59 Å². The number of benzene rings is 1. The fraction of sp³-hybridized carbons (Fsp3) is 0.429. The van der Waals surface area contributed by atoms with Crippen molar-refractivity contribution in [2.45, 2.75) is 12.3 Å². The van der Waals surface area contributed by atoms with Crippen LogP contribution in [0.4, 0.5) is 23.2 Å². The number of hydrogen-bond acceptors (Lipinski definition) is 3. The van der Waals surface area contributed by atoms with E-state index in [1.807, 2.05) is 5.32 Å². The lowest BCUT2D eigenvalue weighted by molar-refractivity contribution is -0.127. The third-order valence-electron chi connectivity index (χ3n) is 3.52. The van der Waals surface area contributed by atoms with Crippen molar-refractivity contribution in [2.75, 3.05) is 24.5 Å². The molecule has 5 nitrogen and oxygen atoms in total. The van der Waals surface area contributed by atoms with E-state index in [0.717, 1.165) is 17.0 Å². The van der Waals surface area contributed by atoms with Crippen LogP contribution in [0.25, 0.3) is 0 Å². The van der Waals surface area contributed by atoms with E-state index in [1.165, 1.54) is 0 Å². The molecule has 0 saturated carbocycles. The van der Waals surface area contributed by atoms with E-state index in [9.17, 15) is 27.2 Å². The Morgan fingerprint density at radius 1 is 1.39 bits per heavy atom. The summed E-state index contributed by atoms with van der Waals surface area (Å²) in [6, 6.07) is 2.70. The lowest BCUT2D eigenvalue weighted by Gasteiger charge is -2.18. The molecule has 1 atom stereocenters. The average Bonchev–Trinajstić information content (AvgIpc) is 2.87. The maximum Gasteiger partial charge on any atom is 0.277 e. The molecule has 2 amide bonds. The molecular weight excluding hydrogens is 318 g/mol. The molecule has 1 aromatic carbocycles.